The number of rotatable bonds is 2. The number of halogens is 2. The fourth-order valence-electron chi connectivity index (χ4n) is 3.93. The van der Waals surface area contributed by atoms with Crippen LogP contribution >= 0.6 is 35.0 Å². The summed E-state index contributed by atoms with van der Waals surface area (Å²) in [5.41, 5.74) is 7.93. The molecule has 2 aliphatic heterocycles. The van der Waals surface area contributed by atoms with Gasteiger partial charge in [-0.15, -0.1) is 0 Å². The van der Waals surface area contributed by atoms with E-state index in [1.807, 2.05) is 34.8 Å². The molecule has 0 radical (unpaired) electrons. The van der Waals surface area contributed by atoms with Crippen molar-refractivity contribution in [3.8, 4) is 0 Å². The minimum Gasteiger partial charge on any atom is -0.230 e. The highest BCUT2D eigenvalue weighted by Gasteiger charge is 2.37. The van der Waals surface area contributed by atoms with Gasteiger partial charge in [0.1, 0.15) is 6.04 Å². The average molecular weight is 426 g/mol. The molecule has 0 saturated heterocycles. The topological polar surface area (TPSA) is 28.0 Å². The molecule has 1 atom stereocenters. The predicted octanol–water partition coefficient (Wildman–Crippen LogP) is 6.92. The second-order valence-electron chi connectivity index (χ2n) is 6.98. The third kappa shape index (κ3) is 3.30. The Morgan fingerprint density at radius 2 is 1.68 bits per heavy atom. The highest BCUT2D eigenvalue weighted by molar-refractivity contribution is 8.25. The molecule has 0 bridgehead atoms. The molecule has 1 aliphatic carbocycles. The first-order valence-corrected chi connectivity index (χ1v) is 10.8. The van der Waals surface area contributed by atoms with E-state index < -0.39 is 0 Å². The molecule has 28 heavy (non-hydrogen) atoms. The van der Waals surface area contributed by atoms with Crippen molar-refractivity contribution >= 4 is 51.8 Å². The molecule has 6 heteroatoms. The predicted molar refractivity (Wildman–Crippen MR) is 120 cm³/mol. The van der Waals surface area contributed by atoms with Gasteiger partial charge in [0.15, 0.2) is 5.17 Å². The zero-order chi connectivity index (χ0) is 19.1. The summed E-state index contributed by atoms with van der Waals surface area (Å²) in [6, 6.07) is 16.1. The van der Waals surface area contributed by atoms with Crippen LogP contribution in [0.4, 0.5) is 0 Å². The maximum Gasteiger partial charge on any atom is 0.191 e. The van der Waals surface area contributed by atoms with Gasteiger partial charge < -0.3 is 0 Å². The van der Waals surface area contributed by atoms with Gasteiger partial charge in [-0.25, -0.2) is 10.0 Å². The molecule has 0 amide bonds. The molecule has 1 unspecified atom stereocenters. The van der Waals surface area contributed by atoms with Crippen LogP contribution in [0.25, 0.3) is 6.08 Å². The second-order valence-corrected chi connectivity index (χ2v) is 8.66. The van der Waals surface area contributed by atoms with Crippen molar-refractivity contribution in [3.63, 3.8) is 0 Å². The zero-order valence-electron chi connectivity index (χ0n) is 15.0. The first-order chi connectivity index (χ1) is 13.7. The largest absolute Gasteiger partial charge is 0.230 e. The van der Waals surface area contributed by atoms with E-state index >= 15 is 0 Å². The summed E-state index contributed by atoms with van der Waals surface area (Å²) in [7, 11) is 0. The Morgan fingerprint density at radius 3 is 2.43 bits per heavy atom. The first kappa shape index (κ1) is 18.0. The number of hydrazone groups is 1. The van der Waals surface area contributed by atoms with E-state index in [1.165, 1.54) is 16.7 Å². The molecule has 3 aliphatic rings. The number of amidine groups is 1. The van der Waals surface area contributed by atoms with E-state index in [9.17, 15) is 0 Å². The van der Waals surface area contributed by atoms with Crippen LogP contribution in [0, 0.1) is 0 Å². The smallest absolute Gasteiger partial charge is 0.191 e. The fraction of sp³-hybridized carbons (Fsp3) is 0.182. The van der Waals surface area contributed by atoms with Crippen molar-refractivity contribution in [1.29, 1.82) is 0 Å². The van der Waals surface area contributed by atoms with Gasteiger partial charge in [0.05, 0.1) is 11.2 Å². The van der Waals surface area contributed by atoms with Crippen molar-refractivity contribution in [1.82, 2.24) is 5.01 Å². The molecule has 140 valence electrons. The SMILES string of the molecule is Clc1ccc(/C=C2\CCCC3=C2N=C2SC=NN2C3c2ccc(Cl)cc2)cc1. The van der Waals surface area contributed by atoms with Gasteiger partial charge in [-0.2, -0.15) is 5.10 Å². The minimum atomic E-state index is 0.0694. The van der Waals surface area contributed by atoms with Crippen molar-refractivity contribution in [3.05, 3.63) is 86.5 Å². The summed E-state index contributed by atoms with van der Waals surface area (Å²) < 4.78 is 0. The third-order valence-corrected chi connectivity index (χ3v) is 6.40. The number of aliphatic imine (C=N–C) groups is 1. The zero-order valence-corrected chi connectivity index (χ0v) is 17.3. The van der Waals surface area contributed by atoms with Crippen LogP contribution < -0.4 is 0 Å². The number of hydrogen-bond acceptors (Lipinski definition) is 4. The summed E-state index contributed by atoms with van der Waals surface area (Å²) in [5.74, 6) is 0. The van der Waals surface area contributed by atoms with Crippen LogP contribution in [0.1, 0.15) is 36.4 Å². The Balaban J connectivity index is 1.62. The lowest BCUT2D eigenvalue weighted by molar-refractivity contribution is 0.361. The van der Waals surface area contributed by atoms with Crippen LogP contribution in [0.3, 0.4) is 0 Å². The number of nitrogens with zero attached hydrogens (tertiary/aromatic N) is 3. The van der Waals surface area contributed by atoms with Crippen LogP contribution in [-0.2, 0) is 0 Å². The third-order valence-electron chi connectivity index (χ3n) is 5.20. The molecule has 2 aromatic rings. The van der Waals surface area contributed by atoms with E-state index in [-0.39, 0.29) is 6.04 Å². The molecule has 0 spiro atoms. The van der Waals surface area contributed by atoms with E-state index in [0.717, 1.165) is 45.7 Å². The Hall–Kier alpha value is -2.01. The summed E-state index contributed by atoms with van der Waals surface area (Å²) in [6.45, 7) is 0. The molecular formula is C22H17Cl2N3S. The Morgan fingerprint density at radius 1 is 0.964 bits per heavy atom. The summed E-state index contributed by atoms with van der Waals surface area (Å²) >= 11 is 13.7. The van der Waals surface area contributed by atoms with Gasteiger partial charge >= 0.3 is 0 Å². The van der Waals surface area contributed by atoms with E-state index in [0.29, 0.717) is 0 Å². The summed E-state index contributed by atoms with van der Waals surface area (Å²) in [6.07, 6.45) is 5.40. The van der Waals surface area contributed by atoms with E-state index in [4.69, 9.17) is 28.2 Å². The molecule has 0 N–H and O–H groups in total. The van der Waals surface area contributed by atoms with Crippen molar-refractivity contribution in [2.45, 2.75) is 25.3 Å². The number of allylic oxidation sites excluding steroid dienone is 1. The van der Waals surface area contributed by atoms with Crippen LogP contribution in [0.2, 0.25) is 10.0 Å². The molecular weight excluding hydrogens is 409 g/mol. The van der Waals surface area contributed by atoms with E-state index in [2.05, 4.69) is 35.4 Å². The molecule has 3 nitrogen and oxygen atoms in total. The lowest BCUT2D eigenvalue weighted by Crippen LogP contribution is -2.32. The van der Waals surface area contributed by atoms with Crippen LogP contribution in [0.15, 0.2) is 75.5 Å². The van der Waals surface area contributed by atoms with Gasteiger partial charge in [0.25, 0.3) is 0 Å². The summed E-state index contributed by atoms with van der Waals surface area (Å²) in [4.78, 5) is 4.99. The number of hydrogen-bond donors (Lipinski definition) is 0. The molecule has 0 fully saturated rings. The first-order valence-electron chi connectivity index (χ1n) is 9.21. The Kier molecular flexibility index (Phi) is 4.79. The van der Waals surface area contributed by atoms with Gasteiger partial charge in [-0.1, -0.05) is 47.5 Å². The van der Waals surface area contributed by atoms with Crippen LogP contribution in [-0.4, -0.2) is 15.7 Å². The maximum atomic E-state index is 6.12. The van der Waals surface area contributed by atoms with Crippen LogP contribution in [0.5, 0.6) is 0 Å². The monoisotopic (exact) mass is 425 g/mol. The van der Waals surface area contributed by atoms with Gasteiger partial charge in [-0.3, -0.25) is 0 Å². The number of fused-ring (bicyclic) bond motifs is 1. The molecule has 5 rings (SSSR count). The Labute approximate surface area is 178 Å². The highest BCUT2D eigenvalue weighted by Crippen LogP contribution is 2.46. The van der Waals surface area contributed by atoms with Gasteiger partial charge in [0.2, 0.25) is 0 Å². The van der Waals surface area contributed by atoms with E-state index in [1.54, 1.807) is 11.8 Å². The second kappa shape index (κ2) is 7.43. The lowest BCUT2D eigenvalue weighted by atomic mass is 9.83. The number of thioether (sulfide) groups is 1. The van der Waals surface area contributed by atoms with Gasteiger partial charge in [-0.05, 0) is 83.6 Å². The quantitative estimate of drug-likeness (QED) is 0.522. The highest BCUT2D eigenvalue weighted by atomic mass is 35.5. The summed E-state index contributed by atoms with van der Waals surface area (Å²) in [5, 5.41) is 9.06. The number of benzene rings is 2. The average Bonchev–Trinajstić information content (AvgIpc) is 3.17. The standard InChI is InChI=1S/C22H17Cl2N3S/c23-17-8-4-14(5-9-17)12-16-2-1-3-19-20(16)26-22-27(25-13-28-22)21(19)15-6-10-18(24)11-7-15/h4-13,21H,1-3H2/b16-12+. The molecule has 0 saturated carbocycles. The maximum absolute atomic E-state index is 6.12. The molecule has 2 aromatic carbocycles. The van der Waals surface area contributed by atoms with Gasteiger partial charge in [0, 0.05) is 10.0 Å². The lowest BCUT2D eigenvalue weighted by Gasteiger charge is -2.36. The minimum absolute atomic E-state index is 0.0694. The molecule has 0 aromatic heterocycles. The molecule has 2 heterocycles. The van der Waals surface area contributed by atoms with Crippen molar-refractivity contribution < 1.29 is 0 Å². The van der Waals surface area contributed by atoms with Crippen molar-refractivity contribution in [2.75, 3.05) is 0 Å². The van der Waals surface area contributed by atoms with Crippen molar-refractivity contribution in [2.24, 2.45) is 10.1 Å². The normalized spacial score (nSPS) is 22.4. The fourth-order valence-corrected chi connectivity index (χ4v) is 4.83. The Bertz CT molecular complexity index is 1040.